The second kappa shape index (κ2) is 5.06. The van der Waals surface area contributed by atoms with E-state index in [-0.39, 0.29) is 11.9 Å². The highest BCUT2D eigenvalue weighted by Gasteiger charge is 2.32. The number of carbonyl (C=O) groups is 1. The van der Waals surface area contributed by atoms with Crippen molar-refractivity contribution in [2.24, 2.45) is 0 Å². The third kappa shape index (κ3) is 4.02. The molecular formula is C10H20BNO4. The summed E-state index contributed by atoms with van der Waals surface area (Å²) in [4.78, 5) is 13.3. The normalized spacial score (nSPS) is 21.8. The van der Waals surface area contributed by atoms with E-state index in [1.807, 2.05) is 20.8 Å². The maximum atomic E-state index is 11.7. The Morgan fingerprint density at radius 2 is 2.06 bits per heavy atom. The van der Waals surface area contributed by atoms with Crippen LogP contribution in [0.4, 0.5) is 4.79 Å². The van der Waals surface area contributed by atoms with Crippen molar-refractivity contribution in [3.05, 3.63) is 0 Å². The van der Waals surface area contributed by atoms with E-state index in [0.717, 1.165) is 12.8 Å². The average molecular weight is 229 g/mol. The van der Waals surface area contributed by atoms with Crippen LogP contribution in [0.25, 0.3) is 0 Å². The fourth-order valence-electron chi connectivity index (χ4n) is 1.75. The maximum Gasteiger partial charge on any atom is 0.456 e. The third-order valence-corrected chi connectivity index (χ3v) is 2.53. The van der Waals surface area contributed by atoms with Gasteiger partial charge in [0.25, 0.3) is 0 Å². The molecule has 92 valence electrons. The number of piperidine rings is 1. The van der Waals surface area contributed by atoms with Crippen LogP contribution in [0.1, 0.15) is 33.6 Å². The molecule has 1 amide bonds. The number of hydrogen-bond acceptors (Lipinski definition) is 4. The molecule has 0 radical (unpaired) electrons. The zero-order valence-electron chi connectivity index (χ0n) is 10.1. The highest BCUT2D eigenvalue weighted by Crippen LogP contribution is 2.24. The van der Waals surface area contributed by atoms with Crippen molar-refractivity contribution in [1.82, 2.24) is 4.90 Å². The van der Waals surface area contributed by atoms with Gasteiger partial charge in [0.1, 0.15) is 5.60 Å². The van der Waals surface area contributed by atoms with E-state index < -0.39 is 12.7 Å². The van der Waals surface area contributed by atoms with Crippen molar-refractivity contribution >= 4 is 13.2 Å². The van der Waals surface area contributed by atoms with Gasteiger partial charge in [-0.15, -0.1) is 0 Å². The quantitative estimate of drug-likeness (QED) is 0.654. The summed E-state index contributed by atoms with van der Waals surface area (Å²) in [5.74, 6) is -0.263. The van der Waals surface area contributed by atoms with Gasteiger partial charge in [-0.2, -0.15) is 0 Å². The Hall–Kier alpha value is -0.745. The van der Waals surface area contributed by atoms with Crippen molar-refractivity contribution < 1.29 is 19.6 Å². The maximum absolute atomic E-state index is 11.7. The molecule has 1 aliphatic rings. The Kier molecular flexibility index (Phi) is 4.21. The lowest BCUT2D eigenvalue weighted by Crippen LogP contribution is -2.44. The molecule has 0 aromatic heterocycles. The molecule has 1 rings (SSSR count). The van der Waals surface area contributed by atoms with Crippen LogP contribution in [0.5, 0.6) is 0 Å². The van der Waals surface area contributed by atoms with Gasteiger partial charge in [0, 0.05) is 18.9 Å². The first kappa shape index (κ1) is 13.3. The van der Waals surface area contributed by atoms with Crippen molar-refractivity contribution in [3.63, 3.8) is 0 Å². The molecule has 1 saturated heterocycles. The molecule has 1 unspecified atom stereocenters. The second-order valence-corrected chi connectivity index (χ2v) is 5.24. The van der Waals surface area contributed by atoms with Gasteiger partial charge in [-0.25, -0.2) is 4.79 Å². The van der Waals surface area contributed by atoms with Gasteiger partial charge in [0.2, 0.25) is 0 Å². The van der Waals surface area contributed by atoms with Crippen molar-refractivity contribution in [2.45, 2.75) is 45.0 Å². The minimum absolute atomic E-state index is 0.263. The van der Waals surface area contributed by atoms with Crippen LogP contribution in [0.2, 0.25) is 5.82 Å². The molecule has 0 aromatic carbocycles. The van der Waals surface area contributed by atoms with Crippen LogP contribution in [0.3, 0.4) is 0 Å². The van der Waals surface area contributed by atoms with E-state index in [2.05, 4.69) is 0 Å². The first-order valence-electron chi connectivity index (χ1n) is 5.63. The lowest BCUT2D eigenvalue weighted by atomic mass is 9.69. The van der Waals surface area contributed by atoms with Gasteiger partial charge in [-0.05, 0) is 33.6 Å². The first-order valence-corrected chi connectivity index (χ1v) is 5.63. The van der Waals surface area contributed by atoms with Gasteiger partial charge < -0.3 is 19.7 Å². The molecular weight excluding hydrogens is 209 g/mol. The zero-order chi connectivity index (χ0) is 12.3. The van der Waals surface area contributed by atoms with Crippen LogP contribution in [-0.2, 0) is 4.74 Å². The number of amides is 1. The fourth-order valence-corrected chi connectivity index (χ4v) is 1.75. The smallest absolute Gasteiger partial charge is 0.444 e. The lowest BCUT2D eigenvalue weighted by molar-refractivity contribution is 0.0209. The van der Waals surface area contributed by atoms with E-state index in [0.29, 0.717) is 13.1 Å². The molecule has 1 heterocycles. The molecule has 6 heteroatoms. The van der Waals surface area contributed by atoms with E-state index in [1.165, 1.54) is 0 Å². The number of rotatable bonds is 1. The van der Waals surface area contributed by atoms with Crippen LogP contribution in [-0.4, -0.2) is 46.9 Å². The van der Waals surface area contributed by atoms with E-state index in [1.54, 1.807) is 4.90 Å². The van der Waals surface area contributed by atoms with Gasteiger partial charge in [-0.3, -0.25) is 0 Å². The Morgan fingerprint density at radius 3 is 2.56 bits per heavy atom. The zero-order valence-corrected chi connectivity index (χ0v) is 10.1. The Balaban J connectivity index is 2.50. The second-order valence-electron chi connectivity index (χ2n) is 5.24. The van der Waals surface area contributed by atoms with Crippen LogP contribution in [0.15, 0.2) is 0 Å². The van der Waals surface area contributed by atoms with Gasteiger partial charge in [-0.1, -0.05) is 0 Å². The van der Waals surface area contributed by atoms with E-state index >= 15 is 0 Å². The van der Waals surface area contributed by atoms with Crippen molar-refractivity contribution in [3.8, 4) is 0 Å². The molecule has 0 spiro atoms. The van der Waals surface area contributed by atoms with Crippen LogP contribution >= 0.6 is 0 Å². The minimum Gasteiger partial charge on any atom is -0.444 e. The summed E-state index contributed by atoms with van der Waals surface area (Å²) in [6, 6.07) is 0. The number of hydrogen-bond donors (Lipinski definition) is 2. The summed E-state index contributed by atoms with van der Waals surface area (Å²) >= 11 is 0. The molecule has 2 N–H and O–H groups in total. The number of carbonyl (C=O) groups excluding carboxylic acids is 1. The molecule has 1 fully saturated rings. The summed E-state index contributed by atoms with van der Waals surface area (Å²) in [7, 11) is -1.36. The van der Waals surface area contributed by atoms with Gasteiger partial charge >= 0.3 is 13.2 Å². The van der Waals surface area contributed by atoms with Crippen LogP contribution in [0, 0.1) is 0 Å². The van der Waals surface area contributed by atoms with Crippen LogP contribution < -0.4 is 0 Å². The fraction of sp³-hybridized carbons (Fsp3) is 0.900. The summed E-state index contributed by atoms with van der Waals surface area (Å²) in [6.45, 7) is 6.42. The molecule has 0 aromatic rings. The topological polar surface area (TPSA) is 70.0 Å². The standard InChI is InChI=1S/C10H20BNO4/c1-10(2,3)16-9(13)12-6-4-5-8(7-12)11(14)15/h8,14-15H,4-7H2,1-3H3. The summed E-state index contributed by atoms with van der Waals surface area (Å²) < 4.78 is 5.23. The molecule has 1 aliphatic heterocycles. The highest BCUT2D eigenvalue weighted by atomic mass is 16.6. The third-order valence-electron chi connectivity index (χ3n) is 2.53. The first-order chi connectivity index (χ1) is 7.29. The molecule has 16 heavy (non-hydrogen) atoms. The minimum atomic E-state index is -1.36. The number of nitrogens with zero attached hydrogens (tertiary/aromatic N) is 1. The van der Waals surface area contributed by atoms with E-state index in [9.17, 15) is 4.79 Å². The lowest BCUT2D eigenvalue weighted by Gasteiger charge is -2.33. The Labute approximate surface area is 96.5 Å². The molecule has 0 aliphatic carbocycles. The van der Waals surface area contributed by atoms with Crippen molar-refractivity contribution in [1.29, 1.82) is 0 Å². The largest absolute Gasteiger partial charge is 0.456 e. The predicted octanol–water partition coefficient (Wildman–Crippen LogP) is 0.860. The monoisotopic (exact) mass is 229 g/mol. The van der Waals surface area contributed by atoms with Gasteiger partial charge in [0.05, 0.1) is 0 Å². The predicted molar refractivity (Wildman–Crippen MR) is 61.0 cm³/mol. The average Bonchev–Trinajstić information content (AvgIpc) is 2.15. The Morgan fingerprint density at radius 1 is 1.44 bits per heavy atom. The molecule has 0 saturated carbocycles. The highest BCUT2D eigenvalue weighted by molar-refractivity contribution is 6.43. The van der Waals surface area contributed by atoms with E-state index in [4.69, 9.17) is 14.8 Å². The summed E-state index contributed by atoms with van der Waals surface area (Å²) in [5.41, 5.74) is -0.512. The van der Waals surface area contributed by atoms with Crippen molar-refractivity contribution in [2.75, 3.05) is 13.1 Å². The summed E-state index contributed by atoms with van der Waals surface area (Å²) in [6.07, 6.45) is 1.14. The molecule has 1 atom stereocenters. The molecule has 0 bridgehead atoms. The SMILES string of the molecule is CC(C)(C)OC(=O)N1CCCC(B(O)O)C1. The summed E-state index contributed by atoms with van der Waals surface area (Å²) in [5, 5.41) is 18.2. The number of likely N-dealkylation sites (tertiary alicyclic amines) is 1. The molecule has 5 nitrogen and oxygen atoms in total. The van der Waals surface area contributed by atoms with Gasteiger partial charge in [0.15, 0.2) is 0 Å². The Bertz CT molecular complexity index is 252. The number of ether oxygens (including phenoxy) is 1.